The maximum Gasteiger partial charge on any atom is 0.214 e. The first-order chi connectivity index (χ1) is 13.1. The lowest BCUT2D eigenvalue weighted by Crippen LogP contribution is -2.16. The second-order valence-electron chi connectivity index (χ2n) is 5.70. The topological polar surface area (TPSA) is 77.0 Å². The normalized spacial score (nSPS) is 10.6. The predicted molar refractivity (Wildman–Crippen MR) is 107 cm³/mol. The molecule has 2 N–H and O–H groups in total. The van der Waals surface area contributed by atoms with Gasteiger partial charge in [0.1, 0.15) is 0 Å². The third kappa shape index (κ3) is 4.40. The Morgan fingerprint density at radius 2 is 2.04 bits per heavy atom. The number of nitrogens with one attached hydrogen (secondary N) is 2. The number of nitrogens with zero attached hydrogens (tertiary/aromatic N) is 3. The van der Waals surface area contributed by atoms with E-state index in [9.17, 15) is 0 Å². The van der Waals surface area contributed by atoms with Crippen molar-refractivity contribution in [3.05, 3.63) is 52.0 Å². The predicted octanol–water partition coefficient (Wildman–Crippen LogP) is 4.20. The molecule has 0 aliphatic carbocycles. The Morgan fingerprint density at radius 1 is 1.26 bits per heavy atom. The zero-order chi connectivity index (χ0) is 19.2. The summed E-state index contributed by atoms with van der Waals surface area (Å²) in [6, 6.07) is 7.35. The standard InChI is InChI=1S/C18H20ClN5O2S/c1-3-8-26-16-10-14(19)13(9-15(16)25-2)11-21-24-17(22-23-18(24)27)12-4-6-20-7-5-12/h4-7,9-10,21H,3,8,11H2,1-2H3,(H,23,27). The molecular formula is C18H20ClN5O2S. The van der Waals surface area contributed by atoms with Crippen LogP contribution in [0.5, 0.6) is 11.5 Å². The zero-order valence-electron chi connectivity index (χ0n) is 15.0. The summed E-state index contributed by atoms with van der Waals surface area (Å²) in [6.45, 7) is 3.07. The molecule has 3 rings (SSSR count). The van der Waals surface area contributed by atoms with Crippen LogP contribution in [0.4, 0.5) is 0 Å². The molecule has 142 valence electrons. The van der Waals surface area contributed by atoms with Crippen molar-refractivity contribution in [1.29, 1.82) is 0 Å². The lowest BCUT2D eigenvalue weighted by Gasteiger charge is -2.15. The first kappa shape index (κ1) is 19.2. The van der Waals surface area contributed by atoms with Crippen molar-refractivity contribution in [2.24, 2.45) is 0 Å². The Hall–Kier alpha value is -2.58. The van der Waals surface area contributed by atoms with Crippen molar-refractivity contribution in [3.8, 4) is 22.9 Å². The van der Waals surface area contributed by atoms with Crippen LogP contribution in [-0.2, 0) is 6.54 Å². The molecule has 0 atom stereocenters. The number of methoxy groups -OCH3 is 1. The molecule has 0 bridgehead atoms. The molecule has 27 heavy (non-hydrogen) atoms. The number of hydrogen-bond donors (Lipinski definition) is 2. The van der Waals surface area contributed by atoms with Crippen molar-refractivity contribution >= 4 is 23.8 Å². The molecule has 1 aromatic carbocycles. The molecule has 0 amide bonds. The quantitative estimate of drug-likeness (QED) is 0.547. The van der Waals surface area contributed by atoms with E-state index in [-0.39, 0.29) is 0 Å². The fraction of sp³-hybridized carbons (Fsp3) is 0.278. The van der Waals surface area contributed by atoms with Gasteiger partial charge in [-0.25, -0.2) is 9.77 Å². The van der Waals surface area contributed by atoms with Crippen molar-refractivity contribution in [3.63, 3.8) is 0 Å². The highest BCUT2D eigenvalue weighted by Crippen LogP contribution is 2.33. The van der Waals surface area contributed by atoms with Gasteiger partial charge in [-0.3, -0.25) is 4.98 Å². The van der Waals surface area contributed by atoms with Crippen LogP contribution in [0, 0.1) is 4.77 Å². The maximum absolute atomic E-state index is 6.43. The smallest absolute Gasteiger partial charge is 0.214 e. The first-order valence-corrected chi connectivity index (χ1v) is 9.23. The van der Waals surface area contributed by atoms with Crippen LogP contribution in [0.15, 0.2) is 36.7 Å². The molecule has 9 heteroatoms. The number of rotatable bonds is 8. The van der Waals surface area contributed by atoms with Gasteiger partial charge in [0.15, 0.2) is 17.3 Å². The van der Waals surface area contributed by atoms with Gasteiger partial charge in [0.05, 0.1) is 20.3 Å². The minimum Gasteiger partial charge on any atom is -0.493 e. The largest absolute Gasteiger partial charge is 0.493 e. The van der Waals surface area contributed by atoms with Gasteiger partial charge < -0.3 is 14.9 Å². The van der Waals surface area contributed by atoms with E-state index in [2.05, 4.69) is 20.6 Å². The molecule has 0 aliphatic rings. The number of benzene rings is 1. The average Bonchev–Trinajstić information content (AvgIpc) is 3.06. The van der Waals surface area contributed by atoms with Crippen LogP contribution in [0.3, 0.4) is 0 Å². The second-order valence-corrected chi connectivity index (χ2v) is 6.50. The van der Waals surface area contributed by atoms with Gasteiger partial charge in [0.25, 0.3) is 0 Å². The SMILES string of the molecule is CCCOc1cc(Cl)c(CNn2c(-c3ccncc3)n[nH]c2=S)cc1OC. The molecule has 0 unspecified atom stereocenters. The van der Waals surface area contributed by atoms with Gasteiger partial charge >= 0.3 is 0 Å². The number of H-pyrrole nitrogens is 1. The Bertz CT molecular complexity index is 958. The van der Waals surface area contributed by atoms with E-state index in [1.165, 1.54) is 0 Å². The van der Waals surface area contributed by atoms with E-state index in [1.54, 1.807) is 30.2 Å². The minimum atomic E-state index is 0.426. The van der Waals surface area contributed by atoms with Crippen molar-refractivity contribution in [1.82, 2.24) is 19.9 Å². The summed E-state index contributed by atoms with van der Waals surface area (Å²) in [7, 11) is 1.60. The van der Waals surface area contributed by atoms with Crippen LogP contribution in [0.1, 0.15) is 18.9 Å². The molecule has 2 aromatic heterocycles. The third-order valence-electron chi connectivity index (χ3n) is 3.83. The van der Waals surface area contributed by atoms with Gasteiger partial charge in [-0.05, 0) is 42.4 Å². The summed E-state index contributed by atoms with van der Waals surface area (Å²) >= 11 is 11.8. The van der Waals surface area contributed by atoms with E-state index in [0.717, 1.165) is 17.5 Å². The molecule has 0 spiro atoms. The minimum absolute atomic E-state index is 0.426. The monoisotopic (exact) mass is 405 g/mol. The number of pyridine rings is 1. The van der Waals surface area contributed by atoms with Crippen LogP contribution in [0.25, 0.3) is 11.4 Å². The zero-order valence-corrected chi connectivity index (χ0v) is 16.6. The molecule has 0 saturated heterocycles. The summed E-state index contributed by atoms with van der Waals surface area (Å²) in [5.41, 5.74) is 4.98. The fourth-order valence-electron chi connectivity index (χ4n) is 2.50. The molecular weight excluding hydrogens is 386 g/mol. The number of halogens is 1. The second kappa shape index (κ2) is 8.88. The van der Waals surface area contributed by atoms with E-state index < -0.39 is 0 Å². The first-order valence-electron chi connectivity index (χ1n) is 8.45. The van der Waals surface area contributed by atoms with E-state index in [4.69, 9.17) is 33.3 Å². The van der Waals surface area contributed by atoms with Crippen molar-refractivity contribution in [2.75, 3.05) is 19.1 Å². The van der Waals surface area contributed by atoms with Crippen molar-refractivity contribution in [2.45, 2.75) is 19.9 Å². The molecule has 3 aromatic rings. The molecule has 0 fully saturated rings. The van der Waals surface area contributed by atoms with Gasteiger partial charge in [-0.2, -0.15) is 5.10 Å². The van der Waals surface area contributed by atoms with Gasteiger partial charge in [-0.1, -0.05) is 18.5 Å². The summed E-state index contributed by atoms with van der Waals surface area (Å²) < 4.78 is 13.3. The molecule has 7 nitrogen and oxygen atoms in total. The fourth-order valence-corrected chi connectivity index (χ4v) is 2.92. The third-order valence-corrected chi connectivity index (χ3v) is 4.46. The van der Waals surface area contributed by atoms with Crippen LogP contribution < -0.4 is 14.9 Å². The Kier molecular flexibility index (Phi) is 6.31. The van der Waals surface area contributed by atoms with E-state index in [0.29, 0.717) is 40.3 Å². The highest BCUT2D eigenvalue weighted by molar-refractivity contribution is 7.71. The number of ether oxygens (including phenoxy) is 2. The van der Waals surface area contributed by atoms with E-state index >= 15 is 0 Å². The van der Waals surface area contributed by atoms with Crippen LogP contribution >= 0.6 is 23.8 Å². The molecule has 0 radical (unpaired) electrons. The van der Waals surface area contributed by atoms with Crippen LogP contribution in [-0.4, -0.2) is 33.6 Å². The summed E-state index contributed by atoms with van der Waals surface area (Å²) in [5.74, 6) is 1.92. The maximum atomic E-state index is 6.43. The van der Waals surface area contributed by atoms with Crippen LogP contribution in [0.2, 0.25) is 5.02 Å². The number of aromatic amines is 1. The lowest BCUT2D eigenvalue weighted by molar-refractivity contribution is 0.294. The highest BCUT2D eigenvalue weighted by atomic mass is 35.5. The summed E-state index contributed by atoms with van der Waals surface area (Å²) in [5, 5.41) is 7.66. The van der Waals surface area contributed by atoms with Gasteiger partial charge in [0.2, 0.25) is 4.77 Å². The highest BCUT2D eigenvalue weighted by Gasteiger charge is 2.13. The molecule has 2 heterocycles. The Labute approximate surface area is 167 Å². The Morgan fingerprint density at radius 3 is 2.74 bits per heavy atom. The molecule has 0 saturated carbocycles. The molecule has 0 aliphatic heterocycles. The van der Waals surface area contributed by atoms with E-state index in [1.807, 2.05) is 25.1 Å². The lowest BCUT2D eigenvalue weighted by atomic mass is 10.2. The average molecular weight is 406 g/mol. The Balaban J connectivity index is 1.84. The number of hydrogen-bond acceptors (Lipinski definition) is 6. The summed E-state index contributed by atoms with van der Waals surface area (Å²) in [6.07, 6.45) is 4.31. The summed E-state index contributed by atoms with van der Waals surface area (Å²) in [4.78, 5) is 4.02. The van der Waals surface area contributed by atoms with Crippen molar-refractivity contribution < 1.29 is 9.47 Å². The van der Waals surface area contributed by atoms with Gasteiger partial charge in [-0.15, -0.1) is 0 Å². The van der Waals surface area contributed by atoms with Gasteiger partial charge in [0, 0.05) is 29.0 Å². The number of aromatic nitrogens is 4.